The van der Waals surface area contributed by atoms with Crippen LogP contribution >= 0.6 is 0 Å². The van der Waals surface area contributed by atoms with Gasteiger partial charge >= 0.3 is 0 Å². The van der Waals surface area contributed by atoms with Gasteiger partial charge in [-0.1, -0.05) is 204 Å². The van der Waals surface area contributed by atoms with Gasteiger partial charge in [-0.25, -0.2) is 0 Å². The summed E-state index contributed by atoms with van der Waals surface area (Å²) >= 11 is 0. The summed E-state index contributed by atoms with van der Waals surface area (Å²) in [5, 5.41) is 0. The van der Waals surface area contributed by atoms with Gasteiger partial charge in [-0.2, -0.15) is 0 Å². The van der Waals surface area contributed by atoms with Crippen LogP contribution in [0.1, 0.15) is 271 Å². The fourth-order valence-corrected chi connectivity index (χ4v) is 7.82. The average Bonchev–Trinajstić information content (AvgIpc) is 3.22. The van der Waals surface area contributed by atoms with E-state index in [0.717, 1.165) is 96.2 Å². The summed E-state index contributed by atoms with van der Waals surface area (Å²) in [4.78, 5) is 40.2. The molecule has 0 N–H and O–H groups in total. The summed E-state index contributed by atoms with van der Waals surface area (Å²) in [5.41, 5.74) is -1.43. The van der Waals surface area contributed by atoms with Gasteiger partial charge in [-0.3, -0.25) is 9.59 Å². The number of hydrogen-bond donors (Lipinski definition) is 0. The quantitative estimate of drug-likeness (QED) is 0.0267. The first kappa shape index (κ1) is 55.0. The van der Waals surface area contributed by atoms with E-state index in [-0.39, 0.29) is 11.6 Å². The summed E-state index contributed by atoms with van der Waals surface area (Å²) in [7, 11) is 0. The number of ketones is 2. The molecule has 0 aromatic carbocycles. The Morgan fingerprint density at radius 2 is 0.596 bits per heavy atom. The third kappa shape index (κ3) is 35.6. The van der Waals surface area contributed by atoms with Crippen molar-refractivity contribution < 1.29 is 14.4 Å². The number of aldehydes is 1. The second kappa shape index (κ2) is 45.1. The van der Waals surface area contributed by atoms with E-state index >= 15 is 0 Å². The first-order valence-electron chi connectivity index (χ1n) is 25.2. The smallest absolute Gasteiger partial charge is 0.153 e. The second-order valence-corrected chi connectivity index (χ2v) is 17.2. The van der Waals surface area contributed by atoms with Crippen molar-refractivity contribution in [1.29, 1.82) is 0 Å². The van der Waals surface area contributed by atoms with Gasteiger partial charge in [-0.05, 0) is 103 Å². The van der Waals surface area contributed by atoms with E-state index in [9.17, 15) is 14.4 Å². The Labute approximate surface area is 356 Å². The van der Waals surface area contributed by atoms with E-state index in [0.29, 0.717) is 19.3 Å². The summed E-state index contributed by atoms with van der Waals surface area (Å²) in [6.07, 6.45) is 62.8. The summed E-state index contributed by atoms with van der Waals surface area (Å²) < 4.78 is 0. The van der Waals surface area contributed by atoms with Crippen molar-refractivity contribution in [2.24, 2.45) is 5.41 Å². The van der Waals surface area contributed by atoms with Crippen LogP contribution in [-0.4, -0.2) is 17.9 Å². The Hall–Kier alpha value is -2.03. The molecule has 0 fully saturated rings. The van der Waals surface area contributed by atoms with Gasteiger partial charge in [0, 0.05) is 12.8 Å². The molecule has 0 saturated heterocycles. The zero-order valence-electron chi connectivity index (χ0n) is 38.5. The van der Waals surface area contributed by atoms with Crippen molar-refractivity contribution in [1.82, 2.24) is 0 Å². The molecule has 0 heterocycles. The highest BCUT2D eigenvalue weighted by Crippen LogP contribution is 2.31. The molecule has 0 aromatic rings. The van der Waals surface area contributed by atoms with E-state index in [1.807, 2.05) is 0 Å². The normalized spacial score (nSPS) is 13.2. The lowest BCUT2D eigenvalue weighted by Gasteiger charge is -2.25. The van der Waals surface area contributed by atoms with Crippen LogP contribution in [0.2, 0.25) is 0 Å². The van der Waals surface area contributed by atoms with Crippen LogP contribution in [0.5, 0.6) is 0 Å². The molecule has 3 heteroatoms. The lowest BCUT2D eigenvalue weighted by Crippen LogP contribution is -2.41. The molecular formula is C54H96O3. The number of carbonyl (C=O) groups is 3. The Morgan fingerprint density at radius 3 is 0.947 bits per heavy atom. The van der Waals surface area contributed by atoms with Crippen LogP contribution < -0.4 is 0 Å². The van der Waals surface area contributed by atoms with Gasteiger partial charge < -0.3 is 4.79 Å². The lowest BCUT2D eigenvalue weighted by molar-refractivity contribution is -0.145. The molecule has 0 unspecified atom stereocenters. The SMILES string of the molecule is CCCCCC=CCC=CCCCCCCC(C=O)(C(=O)CCCCCCCC=CCCCCCCCC)C(=O)CCCCCCCC=CCCCCCCCC. The van der Waals surface area contributed by atoms with Crippen LogP contribution in [0.4, 0.5) is 0 Å². The standard InChI is InChI=1S/C54H96O3/c1-4-7-10-13-16-19-22-25-28-30-33-36-39-42-45-48-52(56)54(51-55,50-47-44-41-38-35-32-27-24-21-18-15-12-9-6-3)53(57)49-46-43-40-37-34-31-29-26-23-20-17-14-11-8-5-2/h18,21,25-29,32,51H,4-17,19-20,22-24,30-31,33-50H2,1-3H3. The number of hydrogen-bond acceptors (Lipinski definition) is 3. The fourth-order valence-electron chi connectivity index (χ4n) is 7.82. The predicted octanol–water partition coefficient (Wildman–Crippen LogP) is 17.8. The molecule has 0 aromatic heterocycles. The van der Waals surface area contributed by atoms with E-state index in [4.69, 9.17) is 0 Å². The zero-order valence-corrected chi connectivity index (χ0v) is 38.5. The van der Waals surface area contributed by atoms with Crippen LogP contribution in [0, 0.1) is 5.41 Å². The van der Waals surface area contributed by atoms with E-state index in [1.54, 1.807) is 0 Å². The molecule has 0 aliphatic heterocycles. The topological polar surface area (TPSA) is 51.2 Å². The van der Waals surface area contributed by atoms with Crippen molar-refractivity contribution in [2.45, 2.75) is 271 Å². The third-order valence-electron chi connectivity index (χ3n) is 11.8. The average molecular weight is 793 g/mol. The van der Waals surface area contributed by atoms with Crippen LogP contribution in [0.25, 0.3) is 0 Å². The molecule has 0 bridgehead atoms. The van der Waals surface area contributed by atoms with Gasteiger partial charge in [0.25, 0.3) is 0 Å². The first-order valence-corrected chi connectivity index (χ1v) is 25.2. The summed E-state index contributed by atoms with van der Waals surface area (Å²) in [6.45, 7) is 6.78. The molecular weight excluding hydrogens is 697 g/mol. The molecule has 0 spiro atoms. The van der Waals surface area contributed by atoms with Gasteiger partial charge in [-0.15, -0.1) is 0 Å². The highest BCUT2D eigenvalue weighted by Gasteiger charge is 2.43. The van der Waals surface area contributed by atoms with Crippen LogP contribution in [0.15, 0.2) is 48.6 Å². The molecule has 0 amide bonds. The Balaban J connectivity index is 4.64. The minimum atomic E-state index is -1.43. The number of allylic oxidation sites excluding steroid dienone is 8. The molecule has 3 nitrogen and oxygen atoms in total. The summed E-state index contributed by atoms with van der Waals surface area (Å²) in [5.74, 6) is -0.225. The van der Waals surface area contributed by atoms with E-state index in [2.05, 4.69) is 69.4 Å². The van der Waals surface area contributed by atoms with Crippen LogP contribution in [-0.2, 0) is 14.4 Å². The van der Waals surface area contributed by atoms with Gasteiger partial charge in [0.05, 0.1) is 0 Å². The molecule has 0 saturated carbocycles. The van der Waals surface area contributed by atoms with Gasteiger partial charge in [0.2, 0.25) is 0 Å². The Kier molecular flexibility index (Phi) is 43.5. The molecule has 0 rings (SSSR count). The number of rotatable bonds is 46. The highest BCUT2D eigenvalue weighted by atomic mass is 16.2. The molecule has 0 aliphatic carbocycles. The second-order valence-electron chi connectivity index (χ2n) is 17.2. The fraction of sp³-hybridized carbons (Fsp3) is 0.796. The minimum Gasteiger partial charge on any atom is -0.302 e. The molecule has 57 heavy (non-hydrogen) atoms. The Morgan fingerprint density at radius 1 is 0.333 bits per heavy atom. The Bertz CT molecular complexity index is 948. The van der Waals surface area contributed by atoms with Crippen molar-refractivity contribution in [2.75, 3.05) is 0 Å². The molecule has 0 radical (unpaired) electrons. The van der Waals surface area contributed by atoms with Crippen molar-refractivity contribution in [3.63, 3.8) is 0 Å². The maximum Gasteiger partial charge on any atom is 0.153 e. The number of unbranched alkanes of at least 4 members (excludes halogenated alkanes) is 29. The highest BCUT2D eigenvalue weighted by molar-refractivity contribution is 6.18. The first-order chi connectivity index (χ1) is 28.1. The largest absolute Gasteiger partial charge is 0.302 e. The maximum atomic E-state index is 13.7. The lowest BCUT2D eigenvalue weighted by atomic mass is 9.73. The van der Waals surface area contributed by atoms with Gasteiger partial charge in [0.1, 0.15) is 11.7 Å². The van der Waals surface area contributed by atoms with Crippen LogP contribution in [0.3, 0.4) is 0 Å². The summed E-state index contributed by atoms with van der Waals surface area (Å²) in [6, 6.07) is 0. The zero-order chi connectivity index (χ0) is 41.6. The minimum absolute atomic E-state index is 0.112. The van der Waals surface area contributed by atoms with Crippen molar-refractivity contribution >= 4 is 17.9 Å². The molecule has 0 atom stereocenters. The van der Waals surface area contributed by atoms with E-state index < -0.39 is 5.41 Å². The van der Waals surface area contributed by atoms with E-state index in [1.165, 1.54) is 141 Å². The number of carbonyl (C=O) groups excluding carboxylic acids is 3. The predicted molar refractivity (Wildman–Crippen MR) is 252 cm³/mol. The van der Waals surface area contributed by atoms with Gasteiger partial charge in [0.15, 0.2) is 11.6 Å². The molecule has 330 valence electrons. The third-order valence-corrected chi connectivity index (χ3v) is 11.8. The monoisotopic (exact) mass is 793 g/mol. The molecule has 0 aliphatic rings. The maximum absolute atomic E-state index is 13.7. The van der Waals surface area contributed by atoms with Crippen molar-refractivity contribution in [3.05, 3.63) is 48.6 Å². The number of Topliss-reactive ketones (excluding diaryl/α,β-unsaturated/α-hetero) is 2. The van der Waals surface area contributed by atoms with Crippen molar-refractivity contribution in [3.8, 4) is 0 Å².